The van der Waals surface area contributed by atoms with Crippen LogP contribution in [-0.2, 0) is 10.0 Å². The van der Waals surface area contributed by atoms with Crippen LogP contribution < -0.4 is 10.5 Å². The molecule has 4 nitrogen and oxygen atoms in total. The number of rotatable bonds is 3. The molecular weight excluding hydrogens is 255 g/mol. The molecule has 100 valence electrons. The Balaban J connectivity index is 2.31. The zero-order valence-corrected chi connectivity index (χ0v) is 11.1. The number of hydrogen-bond acceptors (Lipinski definition) is 3. The number of aryl methyl sites for hydroxylation is 1. The molecule has 0 unspecified atom stereocenters. The lowest BCUT2D eigenvalue weighted by atomic mass is 10.2. The summed E-state index contributed by atoms with van der Waals surface area (Å²) in [4.78, 5) is 0.0632. The molecule has 1 fully saturated rings. The number of sulfonamides is 1. The summed E-state index contributed by atoms with van der Waals surface area (Å²) >= 11 is 0. The van der Waals surface area contributed by atoms with Gasteiger partial charge in [-0.25, -0.2) is 17.5 Å². The number of nitrogen functional groups attached to an aromatic ring is 1. The third kappa shape index (κ3) is 2.64. The van der Waals surface area contributed by atoms with Crippen LogP contribution in [0.2, 0.25) is 0 Å². The lowest BCUT2D eigenvalue weighted by Crippen LogP contribution is -2.33. The quantitative estimate of drug-likeness (QED) is 0.826. The molecule has 0 spiro atoms. The molecular formula is C12H17FN2O2S. The third-order valence-corrected chi connectivity index (χ3v) is 4.92. The number of halogens is 1. The molecule has 0 heterocycles. The standard InChI is InChI=1S/C12H17FN2O2S/c1-8-6-10(13)11(14)7-12(8)18(16,17)15-9-4-2-3-5-9/h6-7,9,15H,2-5,14H2,1H3. The Morgan fingerprint density at radius 1 is 1.33 bits per heavy atom. The Morgan fingerprint density at radius 2 is 1.94 bits per heavy atom. The van der Waals surface area contributed by atoms with Crippen LogP contribution in [0.1, 0.15) is 31.2 Å². The van der Waals surface area contributed by atoms with E-state index in [1.807, 2.05) is 0 Å². The predicted octanol–water partition coefficient (Wildman–Crippen LogP) is 1.94. The zero-order valence-electron chi connectivity index (χ0n) is 10.2. The summed E-state index contributed by atoms with van der Waals surface area (Å²) < 4.78 is 40.2. The molecule has 2 rings (SSSR count). The number of anilines is 1. The van der Waals surface area contributed by atoms with Gasteiger partial charge in [-0.2, -0.15) is 0 Å². The van der Waals surface area contributed by atoms with E-state index in [0.29, 0.717) is 5.56 Å². The molecule has 1 aromatic carbocycles. The van der Waals surface area contributed by atoms with E-state index in [1.165, 1.54) is 6.07 Å². The van der Waals surface area contributed by atoms with E-state index < -0.39 is 15.8 Å². The Bertz CT molecular complexity index is 551. The van der Waals surface area contributed by atoms with Gasteiger partial charge in [-0.15, -0.1) is 0 Å². The molecule has 0 aliphatic heterocycles. The molecule has 1 aromatic rings. The van der Waals surface area contributed by atoms with Gasteiger partial charge in [-0.05, 0) is 37.5 Å². The van der Waals surface area contributed by atoms with Gasteiger partial charge in [0.05, 0.1) is 10.6 Å². The fraction of sp³-hybridized carbons (Fsp3) is 0.500. The smallest absolute Gasteiger partial charge is 0.241 e. The molecule has 6 heteroatoms. The average molecular weight is 272 g/mol. The van der Waals surface area contributed by atoms with Gasteiger partial charge >= 0.3 is 0 Å². The fourth-order valence-electron chi connectivity index (χ4n) is 2.28. The number of nitrogens with one attached hydrogen (secondary N) is 1. The highest BCUT2D eigenvalue weighted by molar-refractivity contribution is 7.89. The van der Waals surface area contributed by atoms with Crippen molar-refractivity contribution in [2.24, 2.45) is 0 Å². The minimum atomic E-state index is -3.61. The average Bonchev–Trinajstić information content (AvgIpc) is 2.75. The summed E-state index contributed by atoms with van der Waals surface area (Å²) in [6.07, 6.45) is 3.79. The van der Waals surface area contributed by atoms with Gasteiger partial charge in [0.15, 0.2) is 0 Å². The monoisotopic (exact) mass is 272 g/mol. The Kier molecular flexibility index (Phi) is 3.59. The summed E-state index contributed by atoms with van der Waals surface area (Å²) in [6, 6.07) is 2.32. The van der Waals surface area contributed by atoms with Crippen LogP contribution in [-0.4, -0.2) is 14.5 Å². The fourth-order valence-corrected chi connectivity index (χ4v) is 3.85. The molecule has 18 heavy (non-hydrogen) atoms. The molecule has 1 aliphatic rings. The molecule has 0 bridgehead atoms. The van der Waals surface area contributed by atoms with E-state index in [0.717, 1.165) is 31.7 Å². The minimum Gasteiger partial charge on any atom is -0.396 e. The van der Waals surface area contributed by atoms with E-state index in [4.69, 9.17) is 5.73 Å². The summed E-state index contributed by atoms with van der Waals surface area (Å²) in [6.45, 7) is 1.56. The van der Waals surface area contributed by atoms with E-state index in [2.05, 4.69) is 4.72 Å². The minimum absolute atomic E-state index is 0.0133. The van der Waals surface area contributed by atoms with E-state index >= 15 is 0 Å². The van der Waals surface area contributed by atoms with Crippen molar-refractivity contribution < 1.29 is 12.8 Å². The maximum atomic E-state index is 13.2. The van der Waals surface area contributed by atoms with Crippen molar-refractivity contribution >= 4 is 15.7 Å². The van der Waals surface area contributed by atoms with E-state index in [1.54, 1.807) is 6.92 Å². The van der Waals surface area contributed by atoms with Crippen LogP contribution in [0.3, 0.4) is 0 Å². The Morgan fingerprint density at radius 3 is 2.56 bits per heavy atom. The lowest BCUT2D eigenvalue weighted by molar-refractivity contribution is 0.551. The second-order valence-corrected chi connectivity index (χ2v) is 6.42. The first-order valence-electron chi connectivity index (χ1n) is 5.98. The first kappa shape index (κ1) is 13.3. The highest BCUT2D eigenvalue weighted by atomic mass is 32.2. The van der Waals surface area contributed by atoms with Crippen molar-refractivity contribution in [3.8, 4) is 0 Å². The summed E-state index contributed by atoms with van der Waals surface area (Å²) in [5, 5.41) is 0. The van der Waals surface area contributed by atoms with Gasteiger partial charge in [-0.1, -0.05) is 12.8 Å². The van der Waals surface area contributed by atoms with Crippen molar-refractivity contribution in [1.82, 2.24) is 4.72 Å². The van der Waals surface area contributed by atoms with Crippen molar-refractivity contribution in [2.75, 3.05) is 5.73 Å². The summed E-state index contributed by atoms with van der Waals surface area (Å²) in [7, 11) is -3.61. The van der Waals surface area contributed by atoms with Crippen LogP contribution >= 0.6 is 0 Å². The topological polar surface area (TPSA) is 72.2 Å². The van der Waals surface area contributed by atoms with Gasteiger partial charge in [0.2, 0.25) is 10.0 Å². The zero-order chi connectivity index (χ0) is 13.3. The Hall–Kier alpha value is -1.14. The molecule has 3 N–H and O–H groups in total. The first-order chi connectivity index (χ1) is 8.40. The van der Waals surface area contributed by atoms with Crippen molar-refractivity contribution in [3.05, 3.63) is 23.5 Å². The van der Waals surface area contributed by atoms with Gasteiger partial charge in [0.1, 0.15) is 5.82 Å². The third-order valence-electron chi connectivity index (χ3n) is 3.26. The van der Waals surface area contributed by atoms with Crippen LogP contribution in [0, 0.1) is 12.7 Å². The number of benzene rings is 1. The summed E-state index contributed by atoms with van der Waals surface area (Å²) in [5.41, 5.74) is 5.65. The second-order valence-electron chi connectivity index (χ2n) is 4.74. The molecule has 0 saturated heterocycles. The van der Waals surface area contributed by atoms with Crippen molar-refractivity contribution in [3.63, 3.8) is 0 Å². The molecule has 0 radical (unpaired) electrons. The summed E-state index contributed by atoms with van der Waals surface area (Å²) in [5.74, 6) is -0.590. The van der Waals surface area contributed by atoms with Gasteiger partial charge in [0, 0.05) is 6.04 Å². The SMILES string of the molecule is Cc1cc(F)c(N)cc1S(=O)(=O)NC1CCCC1. The molecule has 1 saturated carbocycles. The van der Waals surface area contributed by atoms with Crippen molar-refractivity contribution in [2.45, 2.75) is 43.5 Å². The van der Waals surface area contributed by atoms with Crippen LogP contribution in [0.25, 0.3) is 0 Å². The van der Waals surface area contributed by atoms with E-state index in [9.17, 15) is 12.8 Å². The second kappa shape index (κ2) is 4.85. The van der Waals surface area contributed by atoms with Crippen LogP contribution in [0.15, 0.2) is 17.0 Å². The van der Waals surface area contributed by atoms with Crippen LogP contribution in [0.4, 0.5) is 10.1 Å². The highest BCUT2D eigenvalue weighted by Crippen LogP contribution is 2.24. The normalized spacial score (nSPS) is 17.2. The highest BCUT2D eigenvalue weighted by Gasteiger charge is 2.24. The maximum absolute atomic E-state index is 13.2. The van der Waals surface area contributed by atoms with Crippen LogP contribution in [0.5, 0.6) is 0 Å². The molecule has 0 atom stereocenters. The van der Waals surface area contributed by atoms with Crippen molar-refractivity contribution in [1.29, 1.82) is 0 Å². The molecule has 0 amide bonds. The molecule has 1 aliphatic carbocycles. The van der Waals surface area contributed by atoms with Gasteiger partial charge < -0.3 is 5.73 Å². The lowest BCUT2D eigenvalue weighted by Gasteiger charge is -2.14. The number of nitrogens with two attached hydrogens (primary N) is 1. The largest absolute Gasteiger partial charge is 0.396 e. The van der Waals surface area contributed by atoms with Gasteiger partial charge in [-0.3, -0.25) is 0 Å². The van der Waals surface area contributed by atoms with Gasteiger partial charge in [0.25, 0.3) is 0 Å². The maximum Gasteiger partial charge on any atom is 0.241 e. The first-order valence-corrected chi connectivity index (χ1v) is 7.46. The Labute approximate surface area is 106 Å². The molecule has 0 aromatic heterocycles. The van der Waals surface area contributed by atoms with E-state index in [-0.39, 0.29) is 16.6 Å². The number of hydrogen-bond donors (Lipinski definition) is 2. The predicted molar refractivity (Wildman–Crippen MR) is 68.1 cm³/mol.